The van der Waals surface area contributed by atoms with E-state index in [4.69, 9.17) is 15.0 Å². The van der Waals surface area contributed by atoms with Gasteiger partial charge in [-0.05, 0) is 123 Å². The molecule has 10 rings (SSSR count). The van der Waals surface area contributed by atoms with Crippen molar-refractivity contribution >= 4 is 43.1 Å². The Hall–Kier alpha value is -6.71. The molecular formula is C56H49N3. The van der Waals surface area contributed by atoms with Crippen molar-refractivity contribution in [3.63, 3.8) is 0 Å². The van der Waals surface area contributed by atoms with Crippen LogP contribution in [0.1, 0.15) is 62.6 Å². The quantitative estimate of drug-likeness (QED) is 0.158. The van der Waals surface area contributed by atoms with Gasteiger partial charge in [-0.3, -0.25) is 0 Å². The monoisotopic (exact) mass is 763 g/mol. The van der Waals surface area contributed by atoms with Crippen molar-refractivity contribution in [1.82, 2.24) is 15.0 Å². The summed E-state index contributed by atoms with van der Waals surface area (Å²) in [5, 5.41) is 10.3. The van der Waals surface area contributed by atoms with Crippen molar-refractivity contribution in [1.29, 1.82) is 0 Å². The molecule has 0 spiro atoms. The van der Waals surface area contributed by atoms with Crippen LogP contribution < -0.4 is 0 Å². The standard InChI is InChI=1S/C49H39N3.C7H10/c1-5-31(3)42-28-38(29-43-40-27-26-35-13-9-10-16-39(35)45(40)41-17-11-12-32(4)44(41)46(42)43)49-51-47(36-14-7-6-8-15-36)50-48(52-49)37-24-22-34(23-25-37)33-20-18-30(2)19-21-33;1-7-5-3-2-4-6-7/h6-29,31H,5H2,1-4H3;3,5-6H,2,4H2,1H3. The Labute approximate surface area is 347 Å². The normalized spacial score (nSPS) is 13.1. The molecule has 0 fully saturated rings. The van der Waals surface area contributed by atoms with E-state index >= 15 is 0 Å². The zero-order valence-electron chi connectivity index (χ0n) is 34.6. The summed E-state index contributed by atoms with van der Waals surface area (Å²) in [5.41, 5.74) is 10.6. The first-order valence-corrected chi connectivity index (χ1v) is 21.0. The van der Waals surface area contributed by atoms with Crippen molar-refractivity contribution in [2.24, 2.45) is 0 Å². The van der Waals surface area contributed by atoms with Crippen molar-refractivity contribution in [2.75, 3.05) is 0 Å². The first kappa shape index (κ1) is 37.8. The van der Waals surface area contributed by atoms with E-state index in [1.807, 2.05) is 18.2 Å². The Bertz CT molecular complexity index is 3050. The number of aromatic nitrogens is 3. The Morgan fingerprint density at radius 1 is 0.492 bits per heavy atom. The van der Waals surface area contributed by atoms with Gasteiger partial charge in [0.2, 0.25) is 0 Å². The van der Waals surface area contributed by atoms with Crippen LogP contribution in [0.5, 0.6) is 0 Å². The van der Waals surface area contributed by atoms with Gasteiger partial charge in [0.1, 0.15) is 0 Å². The van der Waals surface area contributed by atoms with Gasteiger partial charge in [0.25, 0.3) is 0 Å². The van der Waals surface area contributed by atoms with E-state index < -0.39 is 0 Å². The molecule has 0 aliphatic heterocycles. The van der Waals surface area contributed by atoms with Crippen LogP contribution in [0.15, 0.2) is 169 Å². The molecule has 0 saturated carbocycles. The predicted octanol–water partition coefficient (Wildman–Crippen LogP) is 15.6. The van der Waals surface area contributed by atoms with Gasteiger partial charge in [-0.25, -0.2) is 15.0 Å². The first-order valence-electron chi connectivity index (χ1n) is 21.0. The highest BCUT2D eigenvalue weighted by Gasteiger charge is 2.21. The lowest BCUT2D eigenvalue weighted by molar-refractivity contribution is 0.740. The van der Waals surface area contributed by atoms with Gasteiger partial charge in [0, 0.05) is 16.7 Å². The number of aryl methyl sites for hydroxylation is 2. The number of hydrogen-bond donors (Lipinski definition) is 0. The molecule has 0 bridgehead atoms. The molecule has 9 aromatic rings. The molecule has 1 unspecified atom stereocenters. The average molecular weight is 764 g/mol. The summed E-state index contributed by atoms with van der Waals surface area (Å²) in [6.45, 7) is 11.1. The zero-order valence-corrected chi connectivity index (χ0v) is 34.6. The molecule has 1 heterocycles. The van der Waals surface area contributed by atoms with Gasteiger partial charge >= 0.3 is 0 Å². The summed E-state index contributed by atoms with van der Waals surface area (Å²) in [5.74, 6) is 2.33. The van der Waals surface area contributed by atoms with E-state index in [0.29, 0.717) is 23.4 Å². The van der Waals surface area contributed by atoms with E-state index in [2.05, 4.69) is 180 Å². The molecule has 1 aliphatic carbocycles. The predicted molar refractivity (Wildman–Crippen MR) is 252 cm³/mol. The lowest BCUT2D eigenvalue weighted by atomic mass is 9.83. The molecule has 59 heavy (non-hydrogen) atoms. The van der Waals surface area contributed by atoms with E-state index in [0.717, 1.165) is 28.7 Å². The fraction of sp³-hybridized carbons (Fsp3) is 0.161. The molecule has 1 aromatic heterocycles. The number of nitrogens with zero attached hydrogens (tertiary/aromatic N) is 3. The van der Waals surface area contributed by atoms with Crippen LogP contribution in [0.3, 0.4) is 0 Å². The number of fused-ring (bicyclic) bond motifs is 8. The summed E-state index contributed by atoms with van der Waals surface area (Å²) in [6.07, 6.45) is 10.1. The highest BCUT2D eigenvalue weighted by Crippen LogP contribution is 2.45. The van der Waals surface area contributed by atoms with Gasteiger partial charge in [-0.15, -0.1) is 0 Å². The van der Waals surface area contributed by atoms with Gasteiger partial charge in [0.05, 0.1) is 0 Å². The van der Waals surface area contributed by atoms with Crippen molar-refractivity contribution in [3.05, 3.63) is 186 Å². The summed E-state index contributed by atoms with van der Waals surface area (Å²) in [4.78, 5) is 15.5. The number of benzene rings is 8. The maximum atomic E-state index is 5.23. The molecule has 0 saturated heterocycles. The van der Waals surface area contributed by atoms with Crippen LogP contribution in [-0.2, 0) is 0 Å². The maximum Gasteiger partial charge on any atom is 0.164 e. The van der Waals surface area contributed by atoms with Crippen LogP contribution in [0.2, 0.25) is 0 Å². The molecule has 1 aliphatic rings. The summed E-state index contributed by atoms with van der Waals surface area (Å²) < 4.78 is 0. The Morgan fingerprint density at radius 2 is 1.12 bits per heavy atom. The van der Waals surface area contributed by atoms with E-state index in [1.54, 1.807) is 0 Å². The second kappa shape index (κ2) is 16.3. The summed E-state index contributed by atoms with van der Waals surface area (Å²) in [6, 6.07) is 52.2. The van der Waals surface area contributed by atoms with Gasteiger partial charge in [-0.2, -0.15) is 0 Å². The number of hydrogen-bond acceptors (Lipinski definition) is 3. The second-order valence-corrected chi connectivity index (χ2v) is 16.0. The molecule has 3 heteroatoms. The molecule has 3 nitrogen and oxygen atoms in total. The third kappa shape index (κ3) is 7.45. The Balaban J connectivity index is 0.000000583. The second-order valence-electron chi connectivity index (χ2n) is 16.0. The molecule has 0 amide bonds. The minimum Gasteiger partial charge on any atom is -0.208 e. The van der Waals surface area contributed by atoms with Crippen LogP contribution in [0.4, 0.5) is 0 Å². The molecule has 0 radical (unpaired) electrons. The zero-order chi connectivity index (χ0) is 40.5. The SMILES string of the molecule is CC1=CCCC=C1.CCC(C)c1cc(-c2nc(-c3ccccc3)nc(-c3ccc(-c4ccc(C)cc4)cc3)n2)cc2c3ccc4ccccc4c3c3cccc(C)c3c12. The molecular weight excluding hydrogens is 715 g/mol. The minimum atomic E-state index is 0.326. The van der Waals surface area contributed by atoms with Crippen LogP contribution >= 0.6 is 0 Å². The molecule has 8 aromatic carbocycles. The minimum absolute atomic E-state index is 0.326. The molecule has 288 valence electrons. The molecule has 1 atom stereocenters. The van der Waals surface area contributed by atoms with E-state index in [-0.39, 0.29) is 0 Å². The van der Waals surface area contributed by atoms with Gasteiger partial charge in [0.15, 0.2) is 17.5 Å². The van der Waals surface area contributed by atoms with Gasteiger partial charge in [-0.1, -0.05) is 177 Å². The fourth-order valence-corrected chi connectivity index (χ4v) is 8.54. The topological polar surface area (TPSA) is 38.7 Å². The fourth-order valence-electron chi connectivity index (χ4n) is 8.54. The van der Waals surface area contributed by atoms with E-state index in [1.165, 1.54) is 83.8 Å². The number of rotatable bonds is 6. The number of allylic oxidation sites excluding steroid dienone is 4. The highest BCUT2D eigenvalue weighted by molar-refractivity contribution is 6.32. The lowest BCUT2D eigenvalue weighted by Gasteiger charge is -2.21. The highest BCUT2D eigenvalue weighted by atomic mass is 15.0. The Morgan fingerprint density at radius 3 is 1.78 bits per heavy atom. The lowest BCUT2D eigenvalue weighted by Crippen LogP contribution is -2.02. The largest absolute Gasteiger partial charge is 0.208 e. The van der Waals surface area contributed by atoms with E-state index in [9.17, 15) is 0 Å². The van der Waals surface area contributed by atoms with Crippen molar-refractivity contribution in [2.45, 2.75) is 59.8 Å². The van der Waals surface area contributed by atoms with Gasteiger partial charge < -0.3 is 0 Å². The third-order valence-electron chi connectivity index (χ3n) is 12.0. The van der Waals surface area contributed by atoms with Crippen LogP contribution in [-0.4, -0.2) is 15.0 Å². The summed E-state index contributed by atoms with van der Waals surface area (Å²) in [7, 11) is 0. The first-order chi connectivity index (χ1) is 28.9. The molecule has 0 N–H and O–H groups in total. The van der Waals surface area contributed by atoms with Crippen molar-refractivity contribution in [3.8, 4) is 45.3 Å². The smallest absolute Gasteiger partial charge is 0.164 e. The van der Waals surface area contributed by atoms with Crippen LogP contribution in [0, 0.1) is 13.8 Å². The van der Waals surface area contributed by atoms with Crippen molar-refractivity contribution < 1.29 is 0 Å². The Kier molecular flexibility index (Phi) is 10.4. The average Bonchev–Trinajstić information content (AvgIpc) is 3.29. The van der Waals surface area contributed by atoms with Crippen LogP contribution in [0.25, 0.3) is 88.4 Å². The third-order valence-corrected chi connectivity index (χ3v) is 12.0. The maximum absolute atomic E-state index is 5.23. The summed E-state index contributed by atoms with van der Waals surface area (Å²) >= 11 is 0.